The number of benzene rings is 3. The predicted octanol–water partition coefficient (Wildman–Crippen LogP) is 5.96. The number of carbonyl (C=O) groups is 3. The van der Waals surface area contributed by atoms with E-state index in [9.17, 15) is 14.4 Å². The van der Waals surface area contributed by atoms with Crippen LogP contribution in [0.4, 0.5) is 11.4 Å². The highest BCUT2D eigenvalue weighted by molar-refractivity contribution is 8.01. The second kappa shape index (κ2) is 8.96. The lowest BCUT2D eigenvalue weighted by molar-refractivity contribution is -0.122. The first-order chi connectivity index (χ1) is 18.1. The number of hydrogen-bond donors (Lipinski definition) is 1. The second-order valence-corrected chi connectivity index (χ2v) is 12.3. The molecule has 2 aliphatic carbocycles. The Labute approximate surface area is 222 Å². The van der Waals surface area contributed by atoms with Crippen LogP contribution in [0.15, 0.2) is 52.9 Å². The van der Waals surface area contributed by atoms with E-state index in [1.807, 2.05) is 24.3 Å². The summed E-state index contributed by atoms with van der Waals surface area (Å²) in [5, 5.41) is 5.47. The van der Waals surface area contributed by atoms with Crippen molar-refractivity contribution in [1.29, 1.82) is 0 Å². The van der Waals surface area contributed by atoms with Gasteiger partial charge in [0, 0.05) is 11.1 Å². The third kappa shape index (κ3) is 3.85. The number of anilines is 2. The summed E-state index contributed by atoms with van der Waals surface area (Å²) >= 11 is 2.88. The van der Waals surface area contributed by atoms with E-state index in [0.29, 0.717) is 5.69 Å². The van der Waals surface area contributed by atoms with Crippen molar-refractivity contribution in [2.45, 2.75) is 42.9 Å². The first-order valence-electron chi connectivity index (χ1n) is 12.8. The molecule has 3 amide bonds. The summed E-state index contributed by atoms with van der Waals surface area (Å²) in [6.07, 6.45) is 5.75. The molecule has 1 saturated heterocycles. The molecule has 2 fully saturated rings. The average Bonchev–Trinajstić information content (AvgIpc) is 3.59. The van der Waals surface area contributed by atoms with E-state index >= 15 is 0 Å². The minimum absolute atomic E-state index is 0.0622. The maximum Gasteiger partial charge on any atom is 0.237 e. The summed E-state index contributed by atoms with van der Waals surface area (Å²) in [5.74, 6) is -0.273. The highest BCUT2D eigenvalue weighted by Gasteiger charge is 2.48. The number of thiazole rings is 1. The highest BCUT2D eigenvalue weighted by atomic mass is 32.2. The summed E-state index contributed by atoms with van der Waals surface area (Å²) in [4.78, 5) is 44.8. The first kappa shape index (κ1) is 22.9. The number of amides is 3. The van der Waals surface area contributed by atoms with Gasteiger partial charge in [0.25, 0.3) is 0 Å². The normalized spacial score (nSPS) is 20.7. The van der Waals surface area contributed by atoms with Gasteiger partial charge in [-0.15, -0.1) is 11.3 Å². The SMILES string of the molecule is O=C(CSc1nc2ccc(N3C(=O)[C@@H]4CCCC[C@H]4C3=O)cc2s1)Nc1ccc2c3c(cccc13)CC2. The van der Waals surface area contributed by atoms with Crippen molar-refractivity contribution in [3.63, 3.8) is 0 Å². The second-order valence-electron chi connectivity index (χ2n) is 10.1. The summed E-state index contributed by atoms with van der Waals surface area (Å²) in [6, 6.07) is 16.0. The molecule has 37 heavy (non-hydrogen) atoms. The van der Waals surface area contributed by atoms with E-state index in [-0.39, 0.29) is 35.3 Å². The molecule has 0 radical (unpaired) electrons. The zero-order valence-electron chi connectivity index (χ0n) is 20.2. The fourth-order valence-corrected chi connectivity index (χ4v) is 8.08. The Balaban J connectivity index is 1.06. The van der Waals surface area contributed by atoms with Crippen LogP contribution in [0.3, 0.4) is 0 Å². The minimum Gasteiger partial charge on any atom is -0.325 e. The molecule has 1 N–H and O–H groups in total. The molecular formula is C29H25N3O3S2. The van der Waals surface area contributed by atoms with Crippen LogP contribution in [-0.4, -0.2) is 28.5 Å². The molecule has 0 unspecified atom stereocenters. The number of nitrogens with one attached hydrogen (secondary N) is 1. The monoisotopic (exact) mass is 527 g/mol. The molecule has 0 spiro atoms. The van der Waals surface area contributed by atoms with Crippen LogP contribution in [0.25, 0.3) is 21.0 Å². The van der Waals surface area contributed by atoms with E-state index in [1.165, 1.54) is 44.5 Å². The van der Waals surface area contributed by atoms with Crippen LogP contribution in [0.2, 0.25) is 0 Å². The van der Waals surface area contributed by atoms with Gasteiger partial charge in [0.05, 0.1) is 33.5 Å². The van der Waals surface area contributed by atoms with Gasteiger partial charge >= 0.3 is 0 Å². The number of nitrogens with zero attached hydrogens (tertiary/aromatic N) is 2. The van der Waals surface area contributed by atoms with Gasteiger partial charge in [-0.1, -0.05) is 48.9 Å². The fraction of sp³-hybridized carbons (Fsp3) is 0.310. The van der Waals surface area contributed by atoms with Gasteiger partial charge in [-0.2, -0.15) is 0 Å². The summed E-state index contributed by atoms with van der Waals surface area (Å²) in [6.45, 7) is 0. The Hall–Kier alpha value is -3.23. The average molecular weight is 528 g/mol. The van der Waals surface area contributed by atoms with E-state index in [0.717, 1.165) is 64.2 Å². The van der Waals surface area contributed by atoms with Crippen LogP contribution in [0.1, 0.15) is 36.8 Å². The lowest BCUT2D eigenvalue weighted by atomic mass is 9.81. The van der Waals surface area contributed by atoms with Crippen LogP contribution in [0, 0.1) is 11.8 Å². The van der Waals surface area contributed by atoms with Crippen LogP contribution in [-0.2, 0) is 27.2 Å². The molecule has 2 atom stereocenters. The van der Waals surface area contributed by atoms with Crippen molar-refractivity contribution in [1.82, 2.24) is 4.98 Å². The van der Waals surface area contributed by atoms with Gasteiger partial charge in [0.1, 0.15) is 0 Å². The molecule has 1 aliphatic heterocycles. The van der Waals surface area contributed by atoms with Gasteiger partial charge in [-0.05, 0) is 66.5 Å². The molecule has 7 rings (SSSR count). The molecule has 3 aromatic carbocycles. The van der Waals surface area contributed by atoms with Gasteiger partial charge in [-0.3, -0.25) is 19.3 Å². The topological polar surface area (TPSA) is 79.4 Å². The van der Waals surface area contributed by atoms with E-state index in [1.54, 1.807) is 0 Å². The molecule has 1 aromatic heterocycles. The lowest BCUT2D eigenvalue weighted by Gasteiger charge is -2.19. The van der Waals surface area contributed by atoms with Crippen molar-refractivity contribution < 1.29 is 14.4 Å². The molecule has 3 aliphatic rings. The Kier molecular flexibility index (Phi) is 5.55. The highest BCUT2D eigenvalue weighted by Crippen LogP contribution is 2.41. The first-order valence-corrected chi connectivity index (χ1v) is 14.6. The Morgan fingerprint density at radius 2 is 1.76 bits per heavy atom. The number of aryl methyl sites for hydroxylation is 2. The zero-order valence-corrected chi connectivity index (χ0v) is 21.8. The predicted molar refractivity (Wildman–Crippen MR) is 148 cm³/mol. The van der Waals surface area contributed by atoms with Crippen molar-refractivity contribution >= 4 is 73.2 Å². The lowest BCUT2D eigenvalue weighted by Crippen LogP contribution is -2.30. The molecule has 8 heteroatoms. The number of aromatic nitrogens is 1. The number of fused-ring (bicyclic) bond motifs is 2. The maximum atomic E-state index is 13.0. The van der Waals surface area contributed by atoms with Crippen molar-refractivity contribution in [2.24, 2.45) is 11.8 Å². The number of hydrogen-bond acceptors (Lipinski definition) is 6. The third-order valence-corrected chi connectivity index (χ3v) is 10.1. The van der Waals surface area contributed by atoms with Gasteiger partial charge in [0.15, 0.2) is 4.34 Å². The van der Waals surface area contributed by atoms with E-state index in [2.05, 4.69) is 34.6 Å². The zero-order chi connectivity index (χ0) is 25.1. The van der Waals surface area contributed by atoms with Gasteiger partial charge in [-0.25, -0.2) is 4.98 Å². The molecule has 0 bridgehead atoms. The maximum absolute atomic E-state index is 13.0. The largest absolute Gasteiger partial charge is 0.325 e. The Bertz CT molecular complexity index is 1580. The summed E-state index contributed by atoms with van der Waals surface area (Å²) in [5.41, 5.74) is 4.98. The number of imide groups is 1. The van der Waals surface area contributed by atoms with Crippen LogP contribution < -0.4 is 10.2 Å². The molecule has 6 nitrogen and oxygen atoms in total. The molecule has 4 aromatic rings. The number of carbonyl (C=O) groups excluding carboxylic acids is 3. The van der Waals surface area contributed by atoms with Crippen molar-refractivity contribution in [3.05, 3.63) is 59.7 Å². The van der Waals surface area contributed by atoms with Crippen LogP contribution in [0.5, 0.6) is 0 Å². The van der Waals surface area contributed by atoms with Crippen molar-refractivity contribution in [2.75, 3.05) is 16.0 Å². The number of thioether (sulfide) groups is 1. The molecular weight excluding hydrogens is 502 g/mol. The summed E-state index contributed by atoms with van der Waals surface area (Å²) in [7, 11) is 0. The van der Waals surface area contributed by atoms with Gasteiger partial charge < -0.3 is 5.32 Å². The van der Waals surface area contributed by atoms with Gasteiger partial charge in [0.2, 0.25) is 17.7 Å². The fourth-order valence-electron chi connectivity index (χ4n) is 6.18. The molecule has 1 saturated carbocycles. The quantitative estimate of drug-likeness (QED) is 0.256. The Morgan fingerprint density at radius 1 is 1.00 bits per heavy atom. The third-order valence-electron chi connectivity index (χ3n) is 7.93. The molecule has 2 heterocycles. The minimum atomic E-state index is -0.165. The summed E-state index contributed by atoms with van der Waals surface area (Å²) < 4.78 is 1.69. The van der Waals surface area contributed by atoms with E-state index < -0.39 is 0 Å². The van der Waals surface area contributed by atoms with Crippen molar-refractivity contribution in [3.8, 4) is 0 Å². The molecule has 186 valence electrons. The number of rotatable bonds is 5. The smallest absolute Gasteiger partial charge is 0.237 e. The van der Waals surface area contributed by atoms with Crippen LogP contribution >= 0.6 is 23.1 Å². The Morgan fingerprint density at radius 3 is 2.54 bits per heavy atom. The standard InChI is InChI=1S/C29H25N3O3S2/c33-25(30-22-12-10-17-9-8-16-4-3-7-21(22)26(16)17)15-36-29-31-23-13-11-18(14-24(23)37-29)32-27(34)19-5-1-2-6-20(19)28(32)35/h3-4,7,10-14,19-20H,1-2,5-6,8-9,15H2,(H,30,33)/t19-,20-/m1/s1. The van der Waals surface area contributed by atoms with E-state index in [4.69, 9.17) is 0 Å².